The molecule has 0 unspecified atom stereocenters. The largest absolute Gasteiger partial charge is 0.494 e. The number of ether oxygens (including phenoxy) is 2. The molecule has 25 heavy (non-hydrogen) atoms. The summed E-state index contributed by atoms with van der Waals surface area (Å²) >= 11 is 0. The van der Waals surface area contributed by atoms with Crippen molar-refractivity contribution < 1.29 is 19.1 Å². The maximum atomic E-state index is 11.9. The van der Waals surface area contributed by atoms with Gasteiger partial charge in [0.15, 0.2) is 0 Å². The molecule has 1 amide bonds. The van der Waals surface area contributed by atoms with Crippen LogP contribution in [0.2, 0.25) is 0 Å². The van der Waals surface area contributed by atoms with Crippen LogP contribution in [0, 0.1) is 0 Å². The van der Waals surface area contributed by atoms with Gasteiger partial charge in [0, 0.05) is 12.6 Å². The molecular weight excluding hydrogens is 318 g/mol. The Morgan fingerprint density at radius 3 is 2.32 bits per heavy atom. The molecule has 0 bridgehead atoms. The average Bonchev–Trinajstić information content (AvgIpc) is 2.66. The lowest BCUT2D eigenvalue weighted by atomic mass is 10.1. The molecule has 0 saturated heterocycles. The Balaban J connectivity index is 1.84. The first kappa shape index (κ1) is 18.3. The highest BCUT2D eigenvalue weighted by atomic mass is 16.5. The number of benzene rings is 2. The molecule has 0 radical (unpaired) electrons. The van der Waals surface area contributed by atoms with Crippen molar-refractivity contribution in [3.8, 4) is 5.75 Å². The van der Waals surface area contributed by atoms with Gasteiger partial charge in [0.2, 0.25) is 5.91 Å². The molecule has 1 N–H and O–H groups in total. The summed E-state index contributed by atoms with van der Waals surface area (Å²) in [6.07, 6.45) is 3.23. The van der Waals surface area contributed by atoms with Crippen LogP contribution in [-0.4, -0.2) is 25.6 Å². The van der Waals surface area contributed by atoms with E-state index in [1.165, 1.54) is 13.2 Å². The van der Waals surface area contributed by atoms with Crippen LogP contribution in [0.15, 0.2) is 54.6 Å². The summed E-state index contributed by atoms with van der Waals surface area (Å²) in [5.74, 6) is 0.235. The molecule has 0 atom stereocenters. The monoisotopic (exact) mass is 339 g/mol. The van der Waals surface area contributed by atoms with E-state index in [1.807, 2.05) is 31.2 Å². The van der Waals surface area contributed by atoms with Crippen LogP contribution in [0.1, 0.15) is 28.4 Å². The summed E-state index contributed by atoms with van der Waals surface area (Å²) in [5.41, 5.74) is 2.30. The number of hydrogen-bond acceptors (Lipinski definition) is 4. The maximum absolute atomic E-state index is 11.9. The first-order valence-corrected chi connectivity index (χ1v) is 7.98. The molecule has 2 aromatic rings. The van der Waals surface area contributed by atoms with E-state index in [4.69, 9.17) is 4.74 Å². The standard InChI is InChI=1S/C20H21NO4/c1-3-25-18-11-6-15(7-12-18)8-13-19(22)21-14-16-4-9-17(10-5-16)20(23)24-2/h4-13H,3,14H2,1-2H3,(H,21,22)/b13-8+. The Morgan fingerprint density at radius 1 is 1.04 bits per heavy atom. The number of carbonyl (C=O) groups excluding carboxylic acids is 2. The quantitative estimate of drug-likeness (QED) is 0.621. The second-order valence-electron chi connectivity index (χ2n) is 5.24. The zero-order chi connectivity index (χ0) is 18.1. The van der Waals surface area contributed by atoms with E-state index in [0.29, 0.717) is 18.7 Å². The molecule has 2 rings (SSSR count). The fraction of sp³-hybridized carbons (Fsp3) is 0.200. The Hall–Kier alpha value is -3.08. The van der Waals surface area contributed by atoms with Gasteiger partial charge in [0.05, 0.1) is 19.3 Å². The molecule has 2 aromatic carbocycles. The minimum Gasteiger partial charge on any atom is -0.494 e. The molecule has 0 fully saturated rings. The number of esters is 1. The lowest BCUT2D eigenvalue weighted by molar-refractivity contribution is -0.116. The number of hydrogen-bond donors (Lipinski definition) is 1. The molecule has 0 aliphatic carbocycles. The van der Waals surface area contributed by atoms with E-state index >= 15 is 0 Å². The minimum atomic E-state index is -0.381. The van der Waals surface area contributed by atoms with E-state index in [2.05, 4.69) is 10.1 Å². The van der Waals surface area contributed by atoms with Crippen molar-refractivity contribution in [3.05, 3.63) is 71.3 Å². The molecule has 5 heteroatoms. The third-order valence-electron chi connectivity index (χ3n) is 3.46. The van der Waals surface area contributed by atoms with E-state index in [-0.39, 0.29) is 11.9 Å². The van der Waals surface area contributed by atoms with Crippen molar-refractivity contribution in [1.29, 1.82) is 0 Å². The molecule has 0 aliphatic rings. The predicted octanol–water partition coefficient (Wildman–Crippen LogP) is 3.20. The third-order valence-corrected chi connectivity index (χ3v) is 3.46. The third kappa shape index (κ3) is 5.80. The highest BCUT2D eigenvalue weighted by Gasteiger charge is 2.04. The van der Waals surface area contributed by atoms with Crippen molar-refractivity contribution in [2.75, 3.05) is 13.7 Å². The zero-order valence-corrected chi connectivity index (χ0v) is 14.3. The fourth-order valence-corrected chi connectivity index (χ4v) is 2.14. The topological polar surface area (TPSA) is 64.6 Å². The average molecular weight is 339 g/mol. The smallest absolute Gasteiger partial charge is 0.337 e. The van der Waals surface area contributed by atoms with E-state index in [0.717, 1.165) is 16.9 Å². The number of rotatable bonds is 7. The Morgan fingerprint density at radius 2 is 1.72 bits per heavy atom. The number of amides is 1. The van der Waals surface area contributed by atoms with Crippen molar-refractivity contribution in [3.63, 3.8) is 0 Å². The summed E-state index contributed by atoms with van der Waals surface area (Å²) in [4.78, 5) is 23.2. The SMILES string of the molecule is CCOc1ccc(/C=C/C(=O)NCc2ccc(C(=O)OC)cc2)cc1. The number of carbonyl (C=O) groups is 2. The van der Waals surface area contributed by atoms with Gasteiger partial charge in [-0.15, -0.1) is 0 Å². The lowest BCUT2D eigenvalue weighted by Gasteiger charge is -2.04. The first-order chi connectivity index (χ1) is 12.1. The Bertz CT molecular complexity index is 733. The van der Waals surface area contributed by atoms with Gasteiger partial charge in [-0.1, -0.05) is 24.3 Å². The molecule has 130 valence electrons. The Labute approximate surface area is 147 Å². The van der Waals surface area contributed by atoms with Crippen molar-refractivity contribution in [2.45, 2.75) is 13.5 Å². The molecule has 5 nitrogen and oxygen atoms in total. The van der Waals surface area contributed by atoms with Crippen LogP contribution in [-0.2, 0) is 16.1 Å². The summed E-state index contributed by atoms with van der Waals surface area (Å²) in [7, 11) is 1.34. The molecule has 0 aromatic heterocycles. The first-order valence-electron chi connectivity index (χ1n) is 7.98. The van der Waals surface area contributed by atoms with Gasteiger partial charge < -0.3 is 14.8 Å². The van der Waals surface area contributed by atoms with Gasteiger partial charge in [-0.2, -0.15) is 0 Å². The molecule has 0 spiro atoms. The van der Waals surface area contributed by atoms with Gasteiger partial charge in [-0.3, -0.25) is 4.79 Å². The molecule has 0 saturated carbocycles. The van der Waals surface area contributed by atoms with Crippen molar-refractivity contribution >= 4 is 18.0 Å². The van der Waals surface area contributed by atoms with Gasteiger partial charge >= 0.3 is 5.97 Å². The highest BCUT2D eigenvalue weighted by Crippen LogP contribution is 2.13. The van der Waals surface area contributed by atoms with Crippen LogP contribution in [0.3, 0.4) is 0 Å². The van der Waals surface area contributed by atoms with Crippen LogP contribution >= 0.6 is 0 Å². The van der Waals surface area contributed by atoms with Crippen molar-refractivity contribution in [1.82, 2.24) is 5.32 Å². The summed E-state index contributed by atoms with van der Waals surface area (Å²) in [6.45, 7) is 2.94. The van der Waals surface area contributed by atoms with Crippen LogP contribution in [0.25, 0.3) is 6.08 Å². The second kappa shape index (κ2) is 9.27. The van der Waals surface area contributed by atoms with E-state index in [1.54, 1.807) is 30.3 Å². The van der Waals surface area contributed by atoms with E-state index < -0.39 is 0 Å². The Kier molecular flexibility index (Phi) is 6.77. The van der Waals surface area contributed by atoms with Gasteiger partial charge in [-0.05, 0) is 48.4 Å². The zero-order valence-electron chi connectivity index (χ0n) is 14.3. The van der Waals surface area contributed by atoms with E-state index in [9.17, 15) is 9.59 Å². The van der Waals surface area contributed by atoms with Crippen LogP contribution in [0.5, 0.6) is 5.75 Å². The normalized spacial score (nSPS) is 10.5. The molecular formula is C20H21NO4. The maximum Gasteiger partial charge on any atom is 0.337 e. The van der Waals surface area contributed by atoms with Crippen molar-refractivity contribution in [2.24, 2.45) is 0 Å². The van der Waals surface area contributed by atoms with Gasteiger partial charge in [0.1, 0.15) is 5.75 Å². The minimum absolute atomic E-state index is 0.189. The highest BCUT2D eigenvalue weighted by molar-refractivity contribution is 5.91. The summed E-state index contributed by atoms with van der Waals surface area (Å²) < 4.78 is 10.0. The fourth-order valence-electron chi connectivity index (χ4n) is 2.14. The van der Waals surface area contributed by atoms with Gasteiger partial charge in [-0.25, -0.2) is 4.79 Å². The number of nitrogens with one attached hydrogen (secondary N) is 1. The van der Waals surface area contributed by atoms with Crippen LogP contribution in [0.4, 0.5) is 0 Å². The van der Waals surface area contributed by atoms with Crippen LogP contribution < -0.4 is 10.1 Å². The summed E-state index contributed by atoms with van der Waals surface area (Å²) in [5, 5.41) is 2.80. The second-order valence-corrected chi connectivity index (χ2v) is 5.24. The predicted molar refractivity (Wildman–Crippen MR) is 96.3 cm³/mol. The summed E-state index contributed by atoms with van der Waals surface area (Å²) in [6, 6.07) is 14.4. The lowest BCUT2D eigenvalue weighted by Crippen LogP contribution is -2.20. The molecule has 0 heterocycles. The van der Waals surface area contributed by atoms with Gasteiger partial charge in [0.25, 0.3) is 0 Å². The molecule has 0 aliphatic heterocycles. The number of methoxy groups -OCH3 is 1.